The second-order valence-electron chi connectivity index (χ2n) is 4.11. The van der Waals surface area contributed by atoms with Crippen LogP contribution in [0.15, 0.2) is 36.5 Å². The lowest BCUT2D eigenvalue weighted by Crippen LogP contribution is -2.30. The molecule has 0 aliphatic carbocycles. The molecule has 1 nitrogen and oxygen atoms in total. The normalized spacial score (nSPS) is 19.7. The summed E-state index contributed by atoms with van der Waals surface area (Å²) >= 11 is 0. The van der Waals surface area contributed by atoms with Gasteiger partial charge in [-0.1, -0.05) is 42.9 Å². The molecule has 15 heavy (non-hydrogen) atoms. The van der Waals surface area contributed by atoms with E-state index in [1.54, 1.807) is 0 Å². The van der Waals surface area contributed by atoms with Gasteiger partial charge in [-0.3, -0.25) is 0 Å². The lowest BCUT2D eigenvalue weighted by atomic mass is 10.1. The zero-order valence-electron chi connectivity index (χ0n) is 9.91. The van der Waals surface area contributed by atoms with Gasteiger partial charge < -0.3 is 4.90 Å². The van der Waals surface area contributed by atoms with Crippen molar-refractivity contribution in [1.29, 1.82) is 0 Å². The minimum absolute atomic E-state index is 1.17. The van der Waals surface area contributed by atoms with Gasteiger partial charge in [0.1, 0.15) is 0 Å². The number of hydrogen-bond donors (Lipinski definition) is 0. The average Bonchev–Trinajstić information content (AvgIpc) is 2.31. The van der Waals surface area contributed by atoms with Crippen LogP contribution in [0, 0.1) is 0 Å². The first kappa shape index (κ1) is 12.3. The summed E-state index contributed by atoms with van der Waals surface area (Å²) in [6.07, 6.45) is 13.6. The molecule has 0 unspecified atom stereocenters. The third kappa shape index (κ3) is 4.98. The highest BCUT2D eigenvalue weighted by atomic mass is 15.1. The molecular weight excluding hydrogens is 182 g/mol. The molecule has 1 heteroatoms. The van der Waals surface area contributed by atoms with Gasteiger partial charge in [-0.05, 0) is 39.3 Å². The predicted molar refractivity (Wildman–Crippen MR) is 68.0 cm³/mol. The molecule has 1 rings (SSSR count). The number of piperidine rings is 1. The molecule has 0 aromatic carbocycles. The largest absolute Gasteiger partial charge is 0.303 e. The first-order valence-electron chi connectivity index (χ1n) is 6.03. The quantitative estimate of drug-likeness (QED) is 0.620. The summed E-state index contributed by atoms with van der Waals surface area (Å²) in [5, 5.41) is 0. The van der Waals surface area contributed by atoms with E-state index >= 15 is 0 Å². The SMILES string of the molecule is C=C/C=C\C(=C/C)CCN1CCCCC1. The van der Waals surface area contributed by atoms with E-state index in [-0.39, 0.29) is 0 Å². The predicted octanol–water partition coefficient (Wildman–Crippen LogP) is 3.55. The van der Waals surface area contributed by atoms with Gasteiger partial charge in [0.2, 0.25) is 0 Å². The Morgan fingerprint density at radius 3 is 2.60 bits per heavy atom. The van der Waals surface area contributed by atoms with Crippen LogP contribution in [-0.2, 0) is 0 Å². The van der Waals surface area contributed by atoms with Crippen molar-refractivity contribution < 1.29 is 0 Å². The maximum Gasteiger partial charge on any atom is 0.00217 e. The summed E-state index contributed by atoms with van der Waals surface area (Å²) in [6, 6.07) is 0. The van der Waals surface area contributed by atoms with Crippen LogP contribution in [0.25, 0.3) is 0 Å². The summed E-state index contributed by atoms with van der Waals surface area (Å²) < 4.78 is 0. The van der Waals surface area contributed by atoms with E-state index in [1.807, 2.05) is 12.2 Å². The molecule has 1 saturated heterocycles. The molecule has 0 aromatic rings. The van der Waals surface area contributed by atoms with Crippen LogP contribution in [0.2, 0.25) is 0 Å². The molecule has 1 aliphatic rings. The van der Waals surface area contributed by atoms with E-state index in [0.29, 0.717) is 0 Å². The van der Waals surface area contributed by atoms with Crippen LogP contribution in [-0.4, -0.2) is 24.5 Å². The maximum absolute atomic E-state index is 3.69. The Morgan fingerprint density at radius 1 is 1.27 bits per heavy atom. The molecular formula is C14H23N. The van der Waals surface area contributed by atoms with Crippen molar-refractivity contribution in [3.63, 3.8) is 0 Å². The molecule has 1 aliphatic heterocycles. The van der Waals surface area contributed by atoms with Crippen LogP contribution in [0.1, 0.15) is 32.6 Å². The minimum atomic E-state index is 1.17. The van der Waals surface area contributed by atoms with Crippen LogP contribution in [0.3, 0.4) is 0 Å². The van der Waals surface area contributed by atoms with Crippen LogP contribution >= 0.6 is 0 Å². The van der Waals surface area contributed by atoms with Crippen molar-refractivity contribution >= 4 is 0 Å². The third-order valence-corrected chi connectivity index (χ3v) is 2.98. The van der Waals surface area contributed by atoms with Gasteiger partial charge in [0.05, 0.1) is 0 Å². The van der Waals surface area contributed by atoms with Crippen molar-refractivity contribution in [3.05, 3.63) is 36.5 Å². The first-order valence-corrected chi connectivity index (χ1v) is 6.03. The molecule has 0 N–H and O–H groups in total. The fourth-order valence-corrected chi connectivity index (χ4v) is 1.99. The lowest BCUT2D eigenvalue weighted by molar-refractivity contribution is 0.232. The summed E-state index contributed by atoms with van der Waals surface area (Å²) in [4.78, 5) is 2.58. The number of likely N-dealkylation sites (tertiary alicyclic amines) is 1. The Hall–Kier alpha value is -0.820. The number of rotatable bonds is 5. The van der Waals surface area contributed by atoms with Gasteiger partial charge in [-0.15, -0.1) is 0 Å². The topological polar surface area (TPSA) is 3.24 Å². The highest BCUT2D eigenvalue weighted by Gasteiger charge is 2.09. The maximum atomic E-state index is 3.69. The van der Waals surface area contributed by atoms with Gasteiger partial charge in [-0.2, -0.15) is 0 Å². The van der Waals surface area contributed by atoms with Crippen molar-refractivity contribution in [1.82, 2.24) is 4.90 Å². The molecule has 0 atom stereocenters. The number of hydrogen-bond acceptors (Lipinski definition) is 1. The number of allylic oxidation sites excluding steroid dienone is 4. The molecule has 0 radical (unpaired) electrons. The average molecular weight is 205 g/mol. The van der Waals surface area contributed by atoms with E-state index in [4.69, 9.17) is 0 Å². The zero-order valence-corrected chi connectivity index (χ0v) is 9.91. The summed E-state index contributed by atoms with van der Waals surface area (Å²) in [7, 11) is 0. The Kier molecular flexibility index (Phi) is 6.10. The molecule has 0 bridgehead atoms. The third-order valence-electron chi connectivity index (χ3n) is 2.98. The van der Waals surface area contributed by atoms with Crippen LogP contribution < -0.4 is 0 Å². The highest BCUT2D eigenvalue weighted by molar-refractivity contribution is 5.21. The van der Waals surface area contributed by atoms with Gasteiger partial charge in [0.25, 0.3) is 0 Å². The number of nitrogens with zero attached hydrogens (tertiary/aromatic N) is 1. The minimum Gasteiger partial charge on any atom is -0.303 e. The van der Waals surface area contributed by atoms with Crippen molar-refractivity contribution in [2.45, 2.75) is 32.6 Å². The summed E-state index contributed by atoms with van der Waals surface area (Å²) in [6.45, 7) is 9.60. The standard InChI is InChI=1S/C14H23N/c1-3-5-9-14(4-2)10-13-15-11-7-6-8-12-15/h3-5,9H,1,6-8,10-13H2,2H3/b9-5-,14-4+. The second-order valence-corrected chi connectivity index (χ2v) is 4.11. The van der Waals surface area contributed by atoms with Crippen LogP contribution in [0.5, 0.6) is 0 Å². The Labute approximate surface area is 94.2 Å². The first-order chi connectivity index (χ1) is 7.36. The van der Waals surface area contributed by atoms with Crippen molar-refractivity contribution in [3.8, 4) is 0 Å². The van der Waals surface area contributed by atoms with E-state index < -0.39 is 0 Å². The monoisotopic (exact) mass is 205 g/mol. The second kappa shape index (κ2) is 7.47. The Bertz CT molecular complexity index is 232. The Balaban J connectivity index is 2.27. The van der Waals surface area contributed by atoms with Gasteiger partial charge in [0, 0.05) is 6.54 Å². The van der Waals surface area contributed by atoms with E-state index in [1.165, 1.54) is 50.9 Å². The zero-order chi connectivity index (χ0) is 10.9. The molecule has 0 aromatic heterocycles. The van der Waals surface area contributed by atoms with Gasteiger partial charge in [-0.25, -0.2) is 0 Å². The van der Waals surface area contributed by atoms with Gasteiger partial charge in [0.15, 0.2) is 0 Å². The Morgan fingerprint density at radius 2 is 2.00 bits per heavy atom. The molecule has 0 saturated carbocycles. The highest BCUT2D eigenvalue weighted by Crippen LogP contribution is 2.11. The van der Waals surface area contributed by atoms with E-state index in [9.17, 15) is 0 Å². The molecule has 1 heterocycles. The van der Waals surface area contributed by atoms with Crippen LogP contribution in [0.4, 0.5) is 0 Å². The molecule has 84 valence electrons. The smallest absolute Gasteiger partial charge is 0.00217 e. The van der Waals surface area contributed by atoms with E-state index in [2.05, 4.69) is 30.6 Å². The fraction of sp³-hybridized carbons (Fsp3) is 0.571. The van der Waals surface area contributed by atoms with Crippen molar-refractivity contribution in [2.24, 2.45) is 0 Å². The van der Waals surface area contributed by atoms with E-state index in [0.717, 1.165) is 0 Å². The molecule has 0 amide bonds. The summed E-state index contributed by atoms with van der Waals surface area (Å²) in [5.74, 6) is 0. The molecule has 0 spiro atoms. The van der Waals surface area contributed by atoms with Gasteiger partial charge >= 0.3 is 0 Å². The summed E-state index contributed by atoms with van der Waals surface area (Å²) in [5.41, 5.74) is 1.42. The molecule has 1 fully saturated rings. The van der Waals surface area contributed by atoms with Crippen molar-refractivity contribution in [2.75, 3.05) is 19.6 Å². The lowest BCUT2D eigenvalue weighted by Gasteiger charge is -2.26. The fourth-order valence-electron chi connectivity index (χ4n) is 1.99.